The van der Waals surface area contributed by atoms with Gasteiger partial charge in [-0.05, 0) is 110 Å². The molecule has 2 nitrogen and oxygen atoms in total. The van der Waals surface area contributed by atoms with Crippen LogP contribution in [-0.2, 0) is 17.6 Å². The summed E-state index contributed by atoms with van der Waals surface area (Å²) in [6.07, 6.45) is 12.7. The Balaban J connectivity index is -0.00000140. The first-order valence-corrected chi connectivity index (χ1v) is 19.5. The first kappa shape index (κ1) is 50.8. The molecule has 282 valence electrons. The number of allylic oxidation sites excluding steroid dienone is 4. The van der Waals surface area contributed by atoms with Crippen molar-refractivity contribution in [2.45, 2.75) is 161 Å². The zero-order valence-electron chi connectivity index (χ0n) is 35.2. The molecule has 2 heteroatoms. The number of nitrogens with one attached hydrogen (secondary N) is 1. The molecule has 4 unspecified atom stereocenters. The van der Waals surface area contributed by atoms with Crippen molar-refractivity contribution in [3.63, 3.8) is 0 Å². The summed E-state index contributed by atoms with van der Waals surface area (Å²) in [6, 6.07) is 9.21. The van der Waals surface area contributed by atoms with Crippen LogP contribution in [0.5, 0.6) is 0 Å². The predicted molar refractivity (Wildman–Crippen MR) is 225 cm³/mol. The second-order valence-electron chi connectivity index (χ2n) is 15.6. The summed E-state index contributed by atoms with van der Waals surface area (Å²) in [5.74, 6) is 3.06. The number of aldehydes is 1. The lowest BCUT2D eigenvalue weighted by Gasteiger charge is -2.36. The summed E-state index contributed by atoms with van der Waals surface area (Å²) < 4.78 is 0. The maximum atomic E-state index is 8.81. The van der Waals surface area contributed by atoms with E-state index in [0.29, 0.717) is 23.7 Å². The van der Waals surface area contributed by atoms with Gasteiger partial charge < -0.3 is 10.1 Å². The van der Waals surface area contributed by atoms with Crippen LogP contribution in [-0.4, -0.2) is 12.3 Å². The molecule has 1 aromatic rings. The van der Waals surface area contributed by atoms with Gasteiger partial charge in [-0.2, -0.15) is 0 Å². The van der Waals surface area contributed by atoms with Crippen LogP contribution in [0, 0.1) is 35.0 Å². The van der Waals surface area contributed by atoms with E-state index in [-0.39, 0.29) is 11.5 Å². The Kier molecular flexibility index (Phi) is 30.2. The van der Waals surface area contributed by atoms with E-state index < -0.39 is 0 Å². The molecule has 0 spiro atoms. The molecule has 49 heavy (non-hydrogen) atoms. The van der Waals surface area contributed by atoms with Crippen LogP contribution in [0.4, 0.5) is 0 Å². The van der Waals surface area contributed by atoms with Gasteiger partial charge in [-0.25, -0.2) is 0 Å². The second kappa shape index (κ2) is 29.2. The fourth-order valence-electron chi connectivity index (χ4n) is 6.15. The average Bonchev–Trinajstić information content (AvgIpc) is 3.46. The molecule has 4 atom stereocenters. The van der Waals surface area contributed by atoms with E-state index in [1.165, 1.54) is 54.9 Å². The van der Waals surface area contributed by atoms with Crippen molar-refractivity contribution < 1.29 is 4.79 Å². The lowest BCUT2D eigenvalue weighted by atomic mass is 9.72. The molecule has 0 radical (unpaired) electrons. The molecular weight excluding hydrogens is 595 g/mol. The summed E-state index contributed by atoms with van der Waals surface area (Å²) in [5.41, 5.74) is 8.06. The molecule has 1 N–H and O–H groups in total. The van der Waals surface area contributed by atoms with Crippen LogP contribution in [0.15, 0.2) is 85.7 Å². The molecule has 0 saturated heterocycles. The Morgan fingerprint density at radius 3 is 1.76 bits per heavy atom. The van der Waals surface area contributed by atoms with Gasteiger partial charge in [0.15, 0.2) is 0 Å². The fourth-order valence-corrected chi connectivity index (χ4v) is 6.15. The van der Waals surface area contributed by atoms with Crippen molar-refractivity contribution in [3.8, 4) is 0 Å². The number of carbonyl (C=O) groups is 1. The number of hydrogen-bond acceptors (Lipinski definition) is 2. The maximum Gasteiger partial charge on any atom is 0.116 e. The van der Waals surface area contributed by atoms with Crippen molar-refractivity contribution in [2.24, 2.45) is 35.0 Å². The van der Waals surface area contributed by atoms with E-state index in [0.717, 1.165) is 55.6 Å². The largest absolute Gasteiger partial charge is 0.382 e. The zero-order valence-corrected chi connectivity index (χ0v) is 35.2. The lowest BCUT2D eigenvalue weighted by molar-refractivity contribution is -0.106. The second-order valence-corrected chi connectivity index (χ2v) is 15.6. The van der Waals surface area contributed by atoms with Crippen molar-refractivity contribution in [1.29, 1.82) is 0 Å². The minimum Gasteiger partial charge on any atom is -0.382 e. The Hall–Kier alpha value is -2.61. The first-order valence-electron chi connectivity index (χ1n) is 19.5. The van der Waals surface area contributed by atoms with Crippen molar-refractivity contribution in [1.82, 2.24) is 5.32 Å². The molecule has 2 rings (SSSR count). The molecule has 0 heterocycles. The van der Waals surface area contributed by atoms with Gasteiger partial charge in [0, 0.05) is 5.70 Å². The number of benzene rings is 1. The Bertz CT molecular complexity index is 1040. The minimum atomic E-state index is 0.207. The van der Waals surface area contributed by atoms with E-state index >= 15 is 0 Å². The third-order valence-electron chi connectivity index (χ3n) is 8.48. The summed E-state index contributed by atoms with van der Waals surface area (Å²) >= 11 is 0. The highest BCUT2D eigenvalue weighted by Crippen LogP contribution is 2.40. The molecule has 1 aliphatic rings. The molecule has 0 aromatic heterocycles. The van der Waals surface area contributed by atoms with E-state index in [2.05, 4.69) is 132 Å². The summed E-state index contributed by atoms with van der Waals surface area (Å²) in [4.78, 5) is 8.81. The van der Waals surface area contributed by atoms with Crippen LogP contribution in [0.2, 0.25) is 0 Å². The van der Waals surface area contributed by atoms with Gasteiger partial charge in [0.25, 0.3) is 0 Å². The molecule has 0 aliphatic heterocycles. The maximum absolute atomic E-state index is 8.81. The van der Waals surface area contributed by atoms with Gasteiger partial charge >= 0.3 is 0 Å². The molecule has 0 saturated carbocycles. The molecular formula is C47H83NO. The van der Waals surface area contributed by atoms with E-state index in [1.807, 2.05) is 19.9 Å². The standard InChI is InChI=1S/C35H55N.C4H10.C4H8.C2H4O.C2H6/c1-12-16-33(28(8)24(3)4)31(19-25(5)13-2)20-26(6)34(36-27(7)23-35(9,10)11)32-21-29-17-14-15-18-30(29)22-32;1-4(2)3;1-3-4-2;1-2-3;1-2/h14-15,17-18,25,31-34,36H,3,6-8,12-13,16,19-23H2,1-2,4-5,9-11H3;4H,1-3H3;3H,1,4H2,2H3;2H,1H3;1-2H3. The first-order chi connectivity index (χ1) is 22.9. The quantitative estimate of drug-likeness (QED) is 0.107. The third-order valence-corrected chi connectivity index (χ3v) is 8.48. The number of fused-ring (bicyclic) bond motifs is 1. The zero-order chi connectivity index (χ0) is 38.7. The van der Waals surface area contributed by atoms with Crippen molar-refractivity contribution in [2.75, 3.05) is 0 Å². The van der Waals surface area contributed by atoms with Crippen LogP contribution in [0.1, 0.15) is 153 Å². The van der Waals surface area contributed by atoms with Gasteiger partial charge in [-0.1, -0.05) is 164 Å². The highest BCUT2D eigenvalue weighted by molar-refractivity contribution is 5.44. The summed E-state index contributed by atoms with van der Waals surface area (Å²) in [6.45, 7) is 51.5. The Morgan fingerprint density at radius 2 is 1.41 bits per heavy atom. The third kappa shape index (κ3) is 24.2. The smallest absolute Gasteiger partial charge is 0.116 e. The monoisotopic (exact) mass is 678 g/mol. The number of carbonyl (C=O) groups excluding carboxylic acids is 1. The van der Waals surface area contributed by atoms with Gasteiger partial charge in [-0.3, -0.25) is 0 Å². The summed E-state index contributed by atoms with van der Waals surface area (Å²) in [5, 5.41) is 3.91. The van der Waals surface area contributed by atoms with Gasteiger partial charge in [-0.15, -0.1) is 6.58 Å². The van der Waals surface area contributed by atoms with Crippen LogP contribution >= 0.6 is 0 Å². The SMILES string of the molecule is C=C(CC(C)(C)C)NC(C(=C)CC(CC(C)CC)C(CCC)C(=C)C(=C)C)C1Cc2ccccc2C1.C=CCC.CC.CC(C)C.CC=O. The van der Waals surface area contributed by atoms with Crippen LogP contribution in [0.3, 0.4) is 0 Å². The average molecular weight is 678 g/mol. The molecule has 1 aliphatic carbocycles. The molecule has 1 aromatic carbocycles. The normalized spacial score (nSPS) is 14.2. The van der Waals surface area contributed by atoms with Crippen molar-refractivity contribution >= 4 is 6.29 Å². The lowest BCUT2D eigenvalue weighted by Crippen LogP contribution is -2.39. The Morgan fingerprint density at radius 1 is 0.959 bits per heavy atom. The highest BCUT2D eigenvalue weighted by Gasteiger charge is 2.33. The van der Waals surface area contributed by atoms with Gasteiger partial charge in [0.05, 0.1) is 6.04 Å². The molecule has 0 fully saturated rings. The predicted octanol–water partition coefficient (Wildman–Crippen LogP) is 14.3. The van der Waals surface area contributed by atoms with Crippen molar-refractivity contribution in [3.05, 3.63) is 96.8 Å². The minimum absolute atomic E-state index is 0.207. The van der Waals surface area contributed by atoms with Gasteiger partial charge in [0.2, 0.25) is 0 Å². The van der Waals surface area contributed by atoms with E-state index in [4.69, 9.17) is 11.4 Å². The van der Waals surface area contributed by atoms with E-state index in [1.54, 1.807) is 0 Å². The molecule has 0 amide bonds. The fraction of sp³-hybridized carbons (Fsp3) is 0.638. The van der Waals surface area contributed by atoms with Gasteiger partial charge in [0.1, 0.15) is 6.29 Å². The molecule has 0 bridgehead atoms. The van der Waals surface area contributed by atoms with Crippen LogP contribution in [0.25, 0.3) is 0 Å². The number of rotatable bonds is 16. The summed E-state index contributed by atoms with van der Waals surface area (Å²) in [7, 11) is 0. The number of hydrogen-bond donors (Lipinski definition) is 1. The van der Waals surface area contributed by atoms with E-state index in [9.17, 15) is 0 Å². The van der Waals surface area contributed by atoms with Crippen LogP contribution < -0.4 is 5.32 Å². The topological polar surface area (TPSA) is 29.1 Å². The Labute approximate surface area is 308 Å². The highest BCUT2D eigenvalue weighted by atomic mass is 16.1.